The first-order valence-electron chi connectivity index (χ1n) is 5.92. The van der Waals surface area contributed by atoms with Crippen LogP contribution in [-0.4, -0.2) is 11.8 Å². The minimum absolute atomic E-state index is 0.0176. The first-order valence-corrected chi connectivity index (χ1v) is 6.67. The minimum Gasteiger partial charge on any atom is -0.465 e. The van der Waals surface area contributed by atoms with Gasteiger partial charge in [0.1, 0.15) is 11.3 Å². The van der Waals surface area contributed by atoms with Gasteiger partial charge in [-0.25, -0.2) is 5.01 Å². The third-order valence-corrected chi connectivity index (χ3v) is 3.62. The molecule has 21 heavy (non-hydrogen) atoms. The van der Waals surface area contributed by atoms with Crippen LogP contribution in [-0.2, 0) is 9.59 Å². The lowest BCUT2D eigenvalue weighted by Gasteiger charge is -2.15. The molecule has 1 aliphatic heterocycles. The van der Waals surface area contributed by atoms with Crippen LogP contribution in [0.1, 0.15) is 5.76 Å². The highest BCUT2D eigenvalue weighted by Gasteiger charge is 2.34. The molecule has 1 saturated heterocycles. The van der Waals surface area contributed by atoms with E-state index >= 15 is 0 Å². The second-order valence-electron chi connectivity index (χ2n) is 4.25. The number of carbonyl (C=O) groups is 2. The topological polar surface area (TPSA) is 62.6 Å². The van der Waals surface area contributed by atoms with Gasteiger partial charge < -0.3 is 4.42 Å². The largest absolute Gasteiger partial charge is 0.465 e. The molecule has 1 aromatic carbocycles. The van der Waals surface area contributed by atoms with Gasteiger partial charge in [0.2, 0.25) is 0 Å². The van der Waals surface area contributed by atoms with Gasteiger partial charge in [0.15, 0.2) is 0 Å². The molecule has 0 atom stereocenters. The van der Waals surface area contributed by atoms with Crippen molar-refractivity contribution in [3.05, 3.63) is 58.0 Å². The predicted molar refractivity (Wildman–Crippen MR) is 78.8 cm³/mol. The number of nitrogens with one attached hydrogen (secondary N) is 1. The summed E-state index contributed by atoms with van der Waals surface area (Å²) in [4.78, 5) is 24.2. The van der Waals surface area contributed by atoms with Crippen LogP contribution in [0.25, 0.3) is 6.08 Å². The van der Waals surface area contributed by atoms with Crippen LogP contribution in [0.15, 0.2) is 46.6 Å². The normalized spacial score (nSPS) is 16.7. The highest BCUT2D eigenvalue weighted by atomic mass is 35.5. The Labute approximate surface area is 129 Å². The van der Waals surface area contributed by atoms with Crippen LogP contribution in [0.5, 0.6) is 0 Å². The molecule has 2 amide bonds. The van der Waals surface area contributed by atoms with Gasteiger partial charge in [-0.15, -0.1) is 0 Å². The molecule has 1 fully saturated rings. The molecule has 0 saturated carbocycles. The van der Waals surface area contributed by atoms with E-state index in [2.05, 4.69) is 5.43 Å². The minimum atomic E-state index is -0.512. The number of rotatable bonds is 2. The summed E-state index contributed by atoms with van der Waals surface area (Å²) in [7, 11) is 0. The standard InChI is InChI=1S/C14H8Cl2N2O3/c15-11-4-3-8(6-12(11)16)18-14(20)10(13(19)17-18)7-9-2-1-5-21-9/h1-7H,(H,17,19). The zero-order chi connectivity index (χ0) is 15.0. The molecule has 0 aliphatic carbocycles. The Morgan fingerprint density at radius 2 is 1.95 bits per heavy atom. The Bertz CT molecular complexity index is 754. The summed E-state index contributed by atoms with van der Waals surface area (Å²) in [6.07, 6.45) is 2.84. The van der Waals surface area contributed by atoms with Crippen molar-refractivity contribution in [1.29, 1.82) is 0 Å². The van der Waals surface area contributed by atoms with Crippen molar-refractivity contribution in [3.63, 3.8) is 0 Å². The number of hydrogen-bond donors (Lipinski definition) is 1. The van der Waals surface area contributed by atoms with Crippen LogP contribution in [0.3, 0.4) is 0 Å². The number of anilines is 1. The molecular weight excluding hydrogens is 315 g/mol. The smallest absolute Gasteiger partial charge is 0.282 e. The lowest BCUT2D eigenvalue weighted by Crippen LogP contribution is -2.35. The van der Waals surface area contributed by atoms with E-state index < -0.39 is 11.8 Å². The Morgan fingerprint density at radius 1 is 1.14 bits per heavy atom. The van der Waals surface area contributed by atoms with Gasteiger partial charge in [0.25, 0.3) is 11.8 Å². The molecule has 3 rings (SSSR count). The van der Waals surface area contributed by atoms with Crippen molar-refractivity contribution in [2.45, 2.75) is 0 Å². The van der Waals surface area contributed by atoms with Crippen LogP contribution in [0.2, 0.25) is 10.0 Å². The highest BCUT2D eigenvalue weighted by Crippen LogP contribution is 2.29. The van der Waals surface area contributed by atoms with Crippen molar-refractivity contribution in [3.8, 4) is 0 Å². The van der Waals surface area contributed by atoms with Crippen molar-refractivity contribution in [2.24, 2.45) is 0 Å². The van der Waals surface area contributed by atoms with E-state index in [9.17, 15) is 9.59 Å². The van der Waals surface area contributed by atoms with Crippen LogP contribution in [0, 0.1) is 0 Å². The zero-order valence-corrected chi connectivity index (χ0v) is 12.0. The molecule has 5 nitrogen and oxygen atoms in total. The fraction of sp³-hybridized carbons (Fsp3) is 0. The van der Waals surface area contributed by atoms with Crippen molar-refractivity contribution in [1.82, 2.24) is 5.43 Å². The van der Waals surface area contributed by atoms with E-state index in [1.54, 1.807) is 24.3 Å². The van der Waals surface area contributed by atoms with E-state index in [0.717, 1.165) is 5.01 Å². The van der Waals surface area contributed by atoms with Crippen LogP contribution >= 0.6 is 23.2 Å². The molecular formula is C14H8Cl2N2O3. The van der Waals surface area contributed by atoms with E-state index in [4.69, 9.17) is 27.6 Å². The summed E-state index contributed by atoms with van der Waals surface area (Å²) in [5, 5.41) is 1.77. The first-order chi connectivity index (χ1) is 10.1. The molecule has 2 aromatic rings. The van der Waals surface area contributed by atoms with Crippen LogP contribution in [0.4, 0.5) is 5.69 Å². The molecule has 0 spiro atoms. The van der Waals surface area contributed by atoms with E-state index in [0.29, 0.717) is 21.5 Å². The monoisotopic (exact) mass is 322 g/mol. The molecule has 7 heteroatoms. The number of carbonyl (C=O) groups excluding carboxylic acids is 2. The van der Waals surface area contributed by atoms with Gasteiger partial charge in [-0.05, 0) is 36.4 Å². The van der Waals surface area contributed by atoms with Crippen LogP contribution < -0.4 is 10.4 Å². The summed E-state index contributed by atoms with van der Waals surface area (Å²) in [5.74, 6) is -0.582. The Kier molecular flexibility index (Phi) is 3.45. The quantitative estimate of drug-likeness (QED) is 0.682. The molecule has 1 aromatic heterocycles. The van der Waals surface area contributed by atoms with E-state index in [1.807, 2.05) is 0 Å². The summed E-state index contributed by atoms with van der Waals surface area (Å²) >= 11 is 11.7. The summed E-state index contributed by atoms with van der Waals surface area (Å²) < 4.78 is 5.10. The number of amides is 2. The second-order valence-corrected chi connectivity index (χ2v) is 5.07. The third kappa shape index (κ3) is 2.53. The van der Waals surface area contributed by atoms with Gasteiger partial charge in [-0.1, -0.05) is 23.2 Å². The molecule has 2 heterocycles. The summed E-state index contributed by atoms with van der Waals surface area (Å²) in [6, 6.07) is 7.95. The second kappa shape index (κ2) is 5.27. The van der Waals surface area contributed by atoms with Gasteiger partial charge in [0, 0.05) is 0 Å². The van der Waals surface area contributed by atoms with Crippen molar-refractivity contribution >= 4 is 46.8 Å². The molecule has 0 bridgehead atoms. The van der Waals surface area contributed by atoms with E-state index in [1.165, 1.54) is 18.4 Å². The average Bonchev–Trinajstić information content (AvgIpc) is 3.06. The molecule has 106 valence electrons. The predicted octanol–water partition coefficient (Wildman–Crippen LogP) is 3.05. The number of hydrogen-bond acceptors (Lipinski definition) is 3. The fourth-order valence-corrected chi connectivity index (χ4v) is 2.17. The first kappa shape index (κ1) is 13.7. The lowest BCUT2D eigenvalue weighted by molar-refractivity contribution is -0.117. The average molecular weight is 323 g/mol. The van der Waals surface area contributed by atoms with Crippen molar-refractivity contribution in [2.75, 3.05) is 5.01 Å². The maximum absolute atomic E-state index is 12.3. The number of benzene rings is 1. The third-order valence-electron chi connectivity index (χ3n) is 2.88. The van der Waals surface area contributed by atoms with Crippen molar-refractivity contribution < 1.29 is 14.0 Å². The van der Waals surface area contributed by atoms with Gasteiger partial charge >= 0.3 is 0 Å². The zero-order valence-electron chi connectivity index (χ0n) is 10.5. The Hall–Kier alpha value is -2.24. The van der Waals surface area contributed by atoms with Gasteiger partial charge in [0.05, 0.1) is 22.0 Å². The summed E-state index contributed by atoms with van der Waals surface area (Å²) in [6.45, 7) is 0. The summed E-state index contributed by atoms with van der Waals surface area (Å²) in [5.41, 5.74) is 2.87. The number of nitrogens with zero attached hydrogens (tertiary/aromatic N) is 1. The highest BCUT2D eigenvalue weighted by molar-refractivity contribution is 6.42. The Morgan fingerprint density at radius 3 is 2.62 bits per heavy atom. The molecule has 0 radical (unpaired) electrons. The number of halogens is 2. The van der Waals surface area contributed by atoms with E-state index in [-0.39, 0.29) is 5.57 Å². The Balaban J connectivity index is 1.95. The van der Waals surface area contributed by atoms with Gasteiger partial charge in [-0.3, -0.25) is 15.0 Å². The molecule has 0 unspecified atom stereocenters. The maximum Gasteiger partial charge on any atom is 0.282 e. The SMILES string of the molecule is O=C1NN(c2ccc(Cl)c(Cl)c2)C(=O)C1=Cc1ccco1. The fourth-order valence-electron chi connectivity index (χ4n) is 1.88. The maximum atomic E-state index is 12.3. The van der Waals surface area contributed by atoms with Gasteiger partial charge in [-0.2, -0.15) is 0 Å². The number of furan rings is 1. The number of hydrazine groups is 1. The lowest BCUT2D eigenvalue weighted by atomic mass is 10.2. The molecule has 1 N–H and O–H groups in total. The molecule has 1 aliphatic rings.